The molecule has 4 nitrogen and oxygen atoms in total. The summed E-state index contributed by atoms with van der Waals surface area (Å²) in [6.07, 6.45) is 4.75. The standard InChI is InChI=1S/C18H30N2O2/c1-20(2)13-15(21)12-19-18(14-8-4-5-9-14)16-10-6-7-11-17(16)22-3/h6-7,10-11,14-15,18-19,21H,4-5,8-9,12-13H2,1-3H3. The minimum absolute atomic E-state index is 0.260. The van der Waals surface area contributed by atoms with Crippen LogP contribution in [0.1, 0.15) is 37.3 Å². The first-order chi connectivity index (χ1) is 10.6. The van der Waals surface area contributed by atoms with Crippen molar-refractivity contribution in [3.63, 3.8) is 0 Å². The van der Waals surface area contributed by atoms with E-state index in [0.29, 0.717) is 19.0 Å². The fourth-order valence-electron chi connectivity index (χ4n) is 3.49. The number of hydrogen-bond acceptors (Lipinski definition) is 4. The molecule has 0 saturated heterocycles. The summed E-state index contributed by atoms with van der Waals surface area (Å²) in [6.45, 7) is 1.29. The van der Waals surface area contributed by atoms with E-state index in [1.165, 1.54) is 31.2 Å². The molecule has 1 saturated carbocycles. The first-order valence-electron chi connectivity index (χ1n) is 8.31. The van der Waals surface area contributed by atoms with Gasteiger partial charge in [0, 0.05) is 24.7 Å². The number of benzene rings is 1. The Balaban J connectivity index is 2.09. The van der Waals surface area contributed by atoms with Gasteiger partial charge in [-0.1, -0.05) is 31.0 Å². The highest BCUT2D eigenvalue weighted by atomic mass is 16.5. The van der Waals surface area contributed by atoms with Crippen LogP contribution in [0.15, 0.2) is 24.3 Å². The van der Waals surface area contributed by atoms with Gasteiger partial charge in [0.05, 0.1) is 13.2 Å². The van der Waals surface area contributed by atoms with Crippen molar-refractivity contribution >= 4 is 0 Å². The van der Waals surface area contributed by atoms with Crippen LogP contribution in [0.2, 0.25) is 0 Å². The van der Waals surface area contributed by atoms with Gasteiger partial charge in [-0.05, 0) is 38.9 Å². The number of methoxy groups -OCH3 is 1. The molecule has 1 aliphatic carbocycles. The van der Waals surface area contributed by atoms with E-state index in [1.54, 1.807) is 7.11 Å². The maximum absolute atomic E-state index is 10.1. The summed E-state index contributed by atoms with van der Waals surface area (Å²) in [5.74, 6) is 1.57. The summed E-state index contributed by atoms with van der Waals surface area (Å²) in [6, 6.07) is 8.50. The number of nitrogens with zero attached hydrogens (tertiary/aromatic N) is 1. The lowest BCUT2D eigenvalue weighted by Gasteiger charge is -2.28. The average molecular weight is 306 g/mol. The van der Waals surface area contributed by atoms with Gasteiger partial charge in [0.2, 0.25) is 0 Å². The SMILES string of the molecule is COc1ccccc1C(NCC(O)CN(C)C)C1CCCC1. The van der Waals surface area contributed by atoms with Crippen LogP contribution >= 0.6 is 0 Å². The number of likely N-dealkylation sites (N-methyl/N-ethyl adjacent to an activating group) is 1. The van der Waals surface area contributed by atoms with E-state index in [1.807, 2.05) is 31.1 Å². The molecule has 1 aromatic carbocycles. The lowest BCUT2D eigenvalue weighted by molar-refractivity contribution is 0.127. The highest BCUT2D eigenvalue weighted by Crippen LogP contribution is 2.38. The van der Waals surface area contributed by atoms with E-state index < -0.39 is 0 Å². The van der Waals surface area contributed by atoms with Crippen molar-refractivity contribution in [1.29, 1.82) is 0 Å². The van der Waals surface area contributed by atoms with Crippen LogP contribution in [0.5, 0.6) is 5.75 Å². The molecule has 0 aliphatic heterocycles. The number of ether oxygens (including phenoxy) is 1. The Bertz CT molecular complexity index is 444. The molecule has 0 heterocycles. The number of hydrogen-bond donors (Lipinski definition) is 2. The van der Waals surface area contributed by atoms with Crippen LogP contribution in [0.3, 0.4) is 0 Å². The maximum Gasteiger partial charge on any atom is 0.123 e. The Morgan fingerprint density at radius 3 is 2.59 bits per heavy atom. The van der Waals surface area contributed by atoms with Gasteiger partial charge >= 0.3 is 0 Å². The molecule has 4 heteroatoms. The van der Waals surface area contributed by atoms with E-state index >= 15 is 0 Å². The van der Waals surface area contributed by atoms with E-state index in [-0.39, 0.29) is 12.1 Å². The predicted molar refractivity (Wildman–Crippen MR) is 90.3 cm³/mol. The third-order valence-electron chi connectivity index (χ3n) is 4.49. The summed E-state index contributed by atoms with van der Waals surface area (Å²) in [7, 11) is 5.70. The zero-order valence-electron chi connectivity index (χ0n) is 14.1. The second-order valence-electron chi connectivity index (χ2n) is 6.59. The Morgan fingerprint density at radius 2 is 1.95 bits per heavy atom. The van der Waals surface area contributed by atoms with Crippen LogP contribution in [0, 0.1) is 5.92 Å². The van der Waals surface area contributed by atoms with E-state index in [2.05, 4.69) is 17.4 Å². The molecule has 0 spiro atoms. The van der Waals surface area contributed by atoms with Crippen molar-refractivity contribution in [2.45, 2.75) is 37.8 Å². The van der Waals surface area contributed by atoms with Crippen molar-refractivity contribution in [2.24, 2.45) is 5.92 Å². The van der Waals surface area contributed by atoms with Gasteiger partial charge in [-0.15, -0.1) is 0 Å². The number of nitrogens with one attached hydrogen (secondary N) is 1. The van der Waals surface area contributed by atoms with Crippen LogP contribution in [0.4, 0.5) is 0 Å². The molecule has 0 aromatic heterocycles. The number of para-hydroxylation sites is 1. The third kappa shape index (κ3) is 4.70. The molecule has 1 aromatic rings. The van der Waals surface area contributed by atoms with Crippen LogP contribution in [-0.4, -0.2) is 50.4 Å². The Morgan fingerprint density at radius 1 is 1.27 bits per heavy atom. The number of aliphatic hydroxyl groups excluding tert-OH is 1. The quantitative estimate of drug-likeness (QED) is 0.774. The van der Waals surface area contributed by atoms with Crippen molar-refractivity contribution in [1.82, 2.24) is 10.2 Å². The Labute approximate surface area is 134 Å². The fourth-order valence-corrected chi connectivity index (χ4v) is 3.49. The predicted octanol–water partition coefficient (Wildman–Crippen LogP) is 2.44. The van der Waals surface area contributed by atoms with Crippen LogP contribution < -0.4 is 10.1 Å². The van der Waals surface area contributed by atoms with Crippen LogP contribution in [-0.2, 0) is 0 Å². The topological polar surface area (TPSA) is 44.7 Å². The van der Waals surface area contributed by atoms with Gasteiger partial charge in [0.25, 0.3) is 0 Å². The molecule has 0 bridgehead atoms. The van der Waals surface area contributed by atoms with Gasteiger partial charge in [-0.2, -0.15) is 0 Å². The fraction of sp³-hybridized carbons (Fsp3) is 0.667. The monoisotopic (exact) mass is 306 g/mol. The van der Waals surface area contributed by atoms with Gasteiger partial charge in [0.1, 0.15) is 5.75 Å². The molecule has 124 valence electrons. The largest absolute Gasteiger partial charge is 0.496 e. The first-order valence-corrected chi connectivity index (χ1v) is 8.31. The second-order valence-corrected chi connectivity index (χ2v) is 6.59. The summed E-state index contributed by atoms with van der Waals surface area (Å²) >= 11 is 0. The third-order valence-corrected chi connectivity index (χ3v) is 4.49. The normalized spacial score (nSPS) is 18.6. The molecule has 2 rings (SSSR count). The van der Waals surface area contributed by atoms with Gasteiger partial charge in [-0.25, -0.2) is 0 Å². The summed E-state index contributed by atoms with van der Waals surface area (Å²) in [5.41, 5.74) is 1.22. The Hall–Kier alpha value is -1.10. The molecular formula is C18H30N2O2. The van der Waals surface area contributed by atoms with Crippen molar-refractivity contribution < 1.29 is 9.84 Å². The number of aliphatic hydroxyl groups is 1. The van der Waals surface area contributed by atoms with E-state index in [4.69, 9.17) is 4.74 Å². The highest BCUT2D eigenvalue weighted by molar-refractivity contribution is 5.36. The molecule has 2 atom stereocenters. The van der Waals surface area contributed by atoms with Gasteiger partial charge in [-0.3, -0.25) is 0 Å². The minimum Gasteiger partial charge on any atom is -0.496 e. The molecule has 2 N–H and O–H groups in total. The summed E-state index contributed by atoms with van der Waals surface area (Å²) in [5, 5.41) is 13.8. The minimum atomic E-state index is -0.353. The van der Waals surface area contributed by atoms with Gasteiger partial charge < -0.3 is 20.1 Å². The van der Waals surface area contributed by atoms with E-state index in [9.17, 15) is 5.11 Å². The Kier molecular flexibility index (Phi) is 6.68. The van der Waals surface area contributed by atoms with Crippen molar-refractivity contribution in [3.05, 3.63) is 29.8 Å². The molecule has 0 radical (unpaired) electrons. The van der Waals surface area contributed by atoms with Crippen molar-refractivity contribution in [3.8, 4) is 5.75 Å². The molecule has 22 heavy (non-hydrogen) atoms. The molecule has 0 amide bonds. The smallest absolute Gasteiger partial charge is 0.123 e. The van der Waals surface area contributed by atoms with Crippen molar-refractivity contribution in [2.75, 3.05) is 34.3 Å². The molecule has 1 fully saturated rings. The summed E-state index contributed by atoms with van der Waals surface area (Å²) in [4.78, 5) is 2.01. The number of rotatable bonds is 8. The maximum atomic E-state index is 10.1. The zero-order chi connectivity index (χ0) is 15.9. The molecule has 1 aliphatic rings. The lowest BCUT2D eigenvalue weighted by Crippen LogP contribution is -2.38. The zero-order valence-corrected chi connectivity index (χ0v) is 14.1. The van der Waals surface area contributed by atoms with Gasteiger partial charge in [0.15, 0.2) is 0 Å². The van der Waals surface area contributed by atoms with Crippen LogP contribution in [0.25, 0.3) is 0 Å². The average Bonchev–Trinajstić information content (AvgIpc) is 3.01. The molecular weight excluding hydrogens is 276 g/mol. The lowest BCUT2D eigenvalue weighted by atomic mass is 9.91. The highest BCUT2D eigenvalue weighted by Gasteiger charge is 2.28. The first kappa shape index (κ1) is 17.3. The van der Waals surface area contributed by atoms with E-state index in [0.717, 1.165) is 5.75 Å². The molecule has 2 unspecified atom stereocenters. The second kappa shape index (κ2) is 8.51. The summed E-state index contributed by atoms with van der Waals surface area (Å²) < 4.78 is 5.55.